The van der Waals surface area contributed by atoms with Crippen LogP contribution in [0.5, 0.6) is 0 Å². The highest BCUT2D eigenvalue weighted by Crippen LogP contribution is 2.17. The van der Waals surface area contributed by atoms with Crippen molar-refractivity contribution in [3.05, 3.63) is 35.9 Å². The first-order chi connectivity index (χ1) is 10.9. The molecule has 0 amide bonds. The second-order valence-electron chi connectivity index (χ2n) is 6.33. The fourth-order valence-corrected chi connectivity index (χ4v) is 3.05. The van der Waals surface area contributed by atoms with Crippen LogP contribution in [0, 0.1) is 0 Å². The predicted octanol–water partition coefficient (Wildman–Crippen LogP) is 5.02. The van der Waals surface area contributed by atoms with Crippen LogP contribution in [0.2, 0.25) is 0 Å². The van der Waals surface area contributed by atoms with Gasteiger partial charge in [-0.15, -0.1) is 5.48 Å². The maximum Gasteiger partial charge on any atom is 0.356 e. The summed E-state index contributed by atoms with van der Waals surface area (Å²) < 4.78 is 0. The fraction of sp³-hybridized carbons (Fsp3) is 0.632. The van der Waals surface area contributed by atoms with Gasteiger partial charge in [0.25, 0.3) is 0 Å². The van der Waals surface area contributed by atoms with Gasteiger partial charge < -0.3 is 4.84 Å². The molecule has 22 heavy (non-hydrogen) atoms. The van der Waals surface area contributed by atoms with Crippen LogP contribution in [0.3, 0.4) is 0 Å². The number of carbonyl (C=O) groups excluding carboxylic acids is 1. The molecule has 0 spiro atoms. The average molecular weight is 303 g/mol. The summed E-state index contributed by atoms with van der Waals surface area (Å²) in [5.74, 6) is -0.285. The largest absolute Gasteiger partial charge is 0.366 e. The number of nitrogens with one attached hydrogen (secondary N) is 1. The van der Waals surface area contributed by atoms with Crippen molar-refractivity contribution >= 4 is 5.97 Å². The number of hydrogen-bond donors (Lipinski definition) is 1. The zero-order valence-electron chi connectivity index (χ0n) is 13.6. The average Bonchev–Trinajstić information content (AvgIpc) is 2.55. The van der Waals surface area contributed by atoms with Crippen molar-refractivity contribution in [3.8, 4) is 0 Å². The maximum absolute atomic E-state index is 12.0. The molecule has 1 N–H and O–H groups in total. The summed E-state index contributed by atoms with van der Waals surface area (Å²) in [5.41, 5.74) is 3.62. The van der Waals surface area contributed by atoms with Gasteiger partial charge in [0.1, 0.15) is 0 Å². The first-order valence-electron chi connectivity index (χ1n) is 8.88. The highest BCUT2D eigenvalue weighted by molar-refractivity contribution is 5.89. The fourth-order valence-electron chi connectivity index (χ4n) is 3.05. The molecule has 0 atom stereocenters. The summed E-state index contributed by atoms with van der Waals surface area (Å²) in [6, 6.07) is 9.47. The lowest BCUT2D eigenvalue weighted by Crippen LogP contribution is -2.31. The predicted molar refractivity (Wildman–Crippen MR) is 89.6 cm³/mol. The summed E-state index contributed by atoms with van der Waals surface area (Å²) in [6.45, 7) is 0. The van der Waals surface area contributed by atoms with Gasteiger partial charge in [0.15, 0.2) is 0 Å². The van der Waals surface area contributed by atoms with Crippen molar-refractivity contribution in [2.24, 2.45) is 0 Å². The van der Waals surface area contributed by atoms with Gasteiger partial charge in [-0.25, -0.2) is 4.79 Å². The topological polar surface area (TPSA) is 38.3 Å². The first kappa shape index (κ1) is 17.0. The molecule has 0 aromatic heterocycles. The molecule has 1 fully saturated rings. The second kappa shape index (κ2) is 10.4. The van der Waals surface area contributed by atoms with Crippen molar-refractivity contribution in [1.29, 1.82) is 0 Å². The van der Waals surface area contributed by atoms with E-state index in [2.05, 4.69) is 5.48 Å². The molecule has 0 saturated heterocycles. The van der Waals surface area contributed by atoms with E-state index in [-0.39, 0.29) is 5.97 Å². The summed E-state index contributed by atoms with van der Waals surface area (Å²) >= 11 is 0. The monoisotopic (exact) mass is 303 g/mol. The third-order valence-electron chi connectivity index (χ3n) is 4.43. The van der Waals surface area contributed by atoms with E-state index in [0.29, 0.717) is 11.6 Å². The van der Waals surface area contributed by atoms with Crippen molar-refractivity contribution in [2.75, 3.05) is 0 Å². The highest BCUT2D eigenvalue weighted by Gasteiger charge is 2.13. The molecule has 122 valence electrons. The minimum Gasteiger partial charge on any atom is -0.366 e. The van der Waals surface area contributed by atoms with Gasteiger partial charge in [0, 0.05) is 6.04 Å². The molecule has 2 rings (SSSR count). The molecular weight excluding hydrogens is 274 g/mol. The third kappa shape index (κ3) is 6.61. The Hall–Kier alpha value is -1.35. The van der Waals surface area contributed by atoms with Crippen LogP contribution < -0.4 is 5.48 Å². The Bertz CT molecular complexity index is 407. The van der Waals surface area contributed by atoms with Gasteiger partial charge in [-0.2, -0.15) is 0 Å². The first-order valence-corrected chi connectivity index (χ1v) is 8.88. The van der Waals surface area contributed by atoms with Crippen LogP contribution in [-0.4, -0.2) is 12.0 Å². The Labute approximate surface area is 134 Å². The lowest BCUT2D eigenvalue weighted by Gasteiger charge is -2.18. The minimum atomic E-state index is -0.285. The molecule has 1 saturated carbocycles. The number of rotatable bonds is 3. The summed E-state index contributed by atoms with van der Waals surface area (Å²) in [4.78, 5) is 17.3. The molecule has 0 aliphatic heterocycles. The van der Waals surface area contributed by atoms with Crippen LogP contribution >= 0.6 is 0 Å². The van der Waals surface area contributed by atoms with Gasteiger partial charge >= 0.3 is 5.97 Å². The molecule has 3 nitrogen and oxygen atoms in total. The molecule has 3 heteroatoms. The van der Waals surface area contributed by atoms with Crippen molar-refractivity contribution in [3.63, 3.8) is 0 Å². The molecule has 0 unspecified atom stereocenters. The van der Waals surface area contributed by atoms with Crippen molar-refractivity contribution in [2.45, 2.75) is 76.7 Å². The highest BCUT2D eigenvalue weighted by atomic mass is 16.7. The Morgan fingerprint density at radius 2 is 1.32 bits per heavy atom. The van der Waals surface area contributed by atoms with Gasteiger partial charge in [0.2, 0.25) is 0 Å². The van der Waals surface area contributed by atoms with Crippen LogP contribution in [0.15, 0.2) is 30.3 Å². The third-order valence-corrected chi connectivity index (χ3v) is 4.43. The summed E-state index contributed by atoms with van der Waals surface area (Å²) in [7, 11) is 0. The SMILES string of the molecule is O=C(ONC1CCCCCCCCCCC1)c1ccccc1. The standard InChI is InChI=1S/C19H29NO2/c21-19(17-13-9-8-10-14-17)22-20-18-15-11-6-4-2-1-3-5-7-12-16-18/h8-10,13-14,18,20H,1-7,11-12,15-16H2. The van der Waals surface area contributed by atoms with Crippen LogP contribution in [0.1, 0.15) is 81.0 Å². The van der Waals surface area contributed by atoms with E-state index in [4.69, 9.17) is 4.84 Å². The maximum atomic E-state index is 12.0. The molecule has 1 aromatic rings. The normalized spacial score (nSPS) is 18.9. The Morgan fingerprint density at radius 1 is 0.818 bits per heavy atom. The molecular formula is C19H29NO2. The lowest BCUT2D eigenvalue weighted by atomic mass is 9.98. The van der Waals surface area contributed by atoms with Crippen LogP contribution in [-0.2, 0) is 4.84 Å². The van der Waals surface area contributed by atoms with E-state index in [0.717, 1.165) is 12.8 Å². The second-order valence-corrected chi connectivity index (χ2v) is 6.33. The smallest absolute Gasteiger partial charge is 0.356 e. The van der Waals surface area contributed by atoms with E-state index in [1.165, 1.54) is 57.8 Å². The number of benzene rings is 1. The van der Waals surface area contributed by atoms with E-state index in [9.17, 15) is 4.79 Å². The molecule has 0 bridgehead atoms. The zero-order chi connectivity index (χ0) is 15.5. The Balaban J connectivity index is 1.76. The minimum absolute atomic E-state index is 0.285. The number of hydrogen-bond acceptors (Lipinski definition) is 3. The van der Waals surface area contributed by atoms with Gasteiger partial charge in [-0.1, -0.05) is 76.0 Å². The molecule has 1 aliphatic rings. The van der Waals surface area contributed by atoms with Crippen LogP contribution in [0.25, 0.3) is 0 Å². The van der Waals surface area contributed by atoms with E-state index in [1.807, 2.05) is 18.2 Å². The molecule has 1 aliphatic carbocycles. The molecule has 0 heterocycles. The summed E-state index contributed by atoms with van der Waals surface area (Å²) in [5, 5.41) is 0. The van der Waals surface area contributed by atoms with E-state index < -0.39 is 0 Å². The lowest BCUT2D eigenvalue weighted by molar-refractivity contribution is 0.0129. The quantitative estimate of drug-likeness (QED) is 0.797. The number of hydroxylamine groups is 1. The van der Waals surface area contributed by atoms with E-state index >= 15 is 0 Å². The Morgan fingerprint density at radius 3 is 1.86 bits per heavy atom. The van der Waals surface area contributed by atoms with Crippen molar-refractivity contribution < 1.29 is 9.63 Å². The van der Waals surface area contributed by atoms with Gasteiger partial charge in [0.05, 0.1) is 5.56 Å². The van der Waals surface area contributed by atoms with Crippen LogP contribution in [0.4, 0.5) is 0 Å². The zero-order valence-corrected chi connectivity index (χ0v) is 13.6. The Kier molecular flexibility index (Phi) is 8.03. The molecule has 0 radical (unpaired) electrons. The van der Waals surface area contributed by atoms with E-state index in [1.54, 1.807) is 12.1 Å². The summed E-state index contributed by atoms with van der Waals surface area (Å²) in [6.07, 6.45) is 14.1. The number of carbonyl (C=O) groups is 1. The van der Waals surface area contributed by atoms with Gasteiger partial charge in [-0.3, -0.25) is 0 Å². The van der Waals surface area contributed by atoms with Crippen molar-refractivity contribution in [1.82, 2.24) is 5.48 Å². The molecule has 1 aromatic carbocycles. The van der Waals surface area contributed by atoms with Gasteiger partial charge in [-0.05, 0) is 25.0 Å².